The average Bonchev–Trinajstić information content (AvgIpc) is 3.06. The van der Waals surface area contributed by atoms with Crippen molar-refractivity contribution < 1.29 is 14.3 Å². The highest BCUT2D eigenvalue weighted by atomic mass is 35.5. The fourth-order valence-electron chi connectivity index (χ4n) is 3.01. The maximum absolute atomic E-state index is 12.1. The molecule has 2 heterocycles. The standard InChI is InChI=1S/C18H24ClN3O3/c1-12-17(9-21-22-12)18(23)20-8-16-5-2-13(11-25-16)10-24-15-6-3-14(19)4-7-15/h3-4,6-7,13,16-17,21H,2,5,8-11H2,1H3,(H,20,23). The van der Waals surface area contributed by atoms with Crippen molar-refractivity contribution in [1.82, 2.24) is 10.7 Å². The number of ether oxygens (including phenoxy) is 2. The van der Waals surface area contributed by atoms with Gasteiger partial charge in [-0.05, 0) is 44.0 Å². The molecule has 0 spiro atoms. The van der Waals surface area contributed by atoms with Crippen molar-refractivity contribution >= 4 is 23.2 Å². The Morgan fingerprint density at radius 1 is 1.40 bits per heavy atom. The summed E-state index contributed by atoms with van der Waals surface area (Å²) in [6.45, 7) is 4.27. The number of carbonyl (C=O) groups excluding carboxylic acids is 1. The highest BCUT2D eigenvalue weighted by molar-refractivity contribution is 6.30. The van der Waals surface area contributed by atoms with Gasteiger partial charge in [0.15, 0.2) is 0 Å². The number of rotatable bonds is 6. The number of halogens is 1. The van der Waals surface area contributed by atoms with Crippen molar-refractivity contribution in [3.63, 3.8) is 0 Å². The molecular weight excluding hydrogens is 342 g/mol. The number of nitrogens with one attached hydrogen (secondary N) is 2. The molecule has 3 atom stereocenters. The van der Waals surface area contributed by atoms with Crippen LogP contribution in [-0.4, -0.2) is 44.0 Å². The van der Waals surface area contributed by atoms with Crippen LogP contribution in [0.4, 0.5) is 0 Å². The van der Waals surface area contributed by atoms with Crippen LogP contribution < -0.4 is 15.5 Å². The van der Waals surface area contributed by atoms with Crippen LogP contribution >= 0.6 is 11.6 Å². The van der Waals surface area contributed by atoms with E-state index in [1.165, 1.54) is 0 Å². The lowest BCUT2D eigenvalue weighted by molar-refractivity contribution is -0.123. The predicted molar refractivity (Wildman–Crippen MR) is 97.0 cm³/mol. The topological polar surface area (TPSA) is 72.0 Å². The molecule has 0 bridgehead atoms. The molecule has 6 nitrogen and oxygen atoms in total. The molecule has 1 aromatic carbocycles. The fourth-order valence-corrected chi connectivity index (χ4v) is 3.13. The van der Waals surface area contributed by atoms with Gasteiger partial charge < -0.3 is 20.2 Å². The first-order valence-electron chi connectivity index (χ1n) is 8.66. The molecule has 7 heteroatoms. The lowest BCUT2D eigenvalue weighted by Gasteiger charge is -2.29. The molecule has 136 valence electrons. The molecule has 3 rings (SSSR count). The normalized spacial score (nSPS) is 25.8. The summed E-state index contributed by atoms with van der Waals surface area (Å²) in [6, 6.07) is 7.37. The second-order valence-corrected chi connectivity index (χ2v) is 7.01. The molecule has 1 saturated heterocycles. The van der Waals surface area contributed by atoms with Crippen molar-refractivity contribution in [2.75, 3.05) is 26.3 Å². The molecule has 2 aliphatic rings. The van der Waals surface area contributed by atoms with Gasteiger partial charge in [-0.15, -0.1) is 0 Å². The Morgan fingerprint density at radius 3 is 2.84 bits per heavy atom. The molecule has 0 saturated carbocycles. The van der Waals surface area contributed by atoms with Gasteiger partial charge in [0.1, 0.15) is 5.75 Å². The summed E-state index contributed by atoms with van der Waals surface area (Å²) >= 11 is 5.86. The van der Waals surface area contributed by atoms with Gasteiger partial charge in [-0.25, -0.2) is 0 Å². The third-order valence-electron chi connectivity index (χ3n) is 4.64. The first-order valence-corrected chi connectivity index (χ1v) is 9.04. The van der Waals surface area contributed by atoms with E-state index >= 15 is 0 Å². The summed E-state index contributed by atoms with van der Waals surface area (Å²) in [5.74, 6) is 1.05. The van der Waals surface area contributed by atoms with Crippen molar-refractivity contribution in [1.29, 1.82) is 0 Å². The van der Waals surface area contributed by atoms with Crippen molar-refractivity contribution in [2.45, 2.75) is 25.9 Å². The molecule has 2 N–H and O–H groups in total. The molecule has 0 aromatic heterocycles. The van der Waals surface area contributed by atoms with Crippen molar-refractivity contribution in [3.8, 4) is 5.75 Å². The lowest BCUT2D eigenvalue weighted by Crippen LogP contribution is -2.42. The Balaban J connectivity index is 1.34. The molecule has 2 aliphatic heterocycles. The average molecular weight is 366 g/mol. The number of hydrogen-bond acceptors (Lipinski definition) is 5. The van der Waals surface area contributed by atoms with Gasteiger partial charge in [0, 0.05) is 29.7 Å². The Bertz CT molecular complexity index is 612. The zero-order valence-corrected chi connectivity index (χ0v) is 15.1. The molecule has 1 amide bonds. The third-order valence-corrected chi connectivity index (χ3v) is 4.89. The largest absolute Gasteiger partial charge is 0.493 e. The number of benzene rings is 1. The van der Waals surface area contributed by atoms with Crippen LogP contribution in [0.1, 0.15) is 19.8 Å². The van der Waals surface area contributed by atoms with Crippen LogP contribution in [0.5, 0.6) is 5.75 Å². The first-order chi connectivity index (χ1) is 12.1. The Hall–Kier alpha value is -1.79. The molecule has 0 aliphatic carbocycles. The smallest absolute Gasteiger partial charge is 0.230 e. The maximum atomic E-state index is 12.1. The Labute approximate surface area is 152 Å². The van der Waals surface area contributed by atoms with Crippen molar-refractivity contribution in [3.05, 3.63) is 29.3 Å². The maximum Gasteiger partial charge on any atom is 0.230 e. The monoisotopic (exact) mass is 365 g/mol. The highest BCUT2D eigenvalue weighted by Gasteiger charge is 2.27. The summed E-state index contributed by atoms with van der Waals surface area (Å²) in [6.07, 6.45) is 2.02. The second kappa shape index (κ2) is 8.54. The summed E-state index contributed by atoms with van der Waals surface area (Å²) in [7, 11) is 0. The van der Waals surface area contributed by atoms with Crippen LogP contribution in [0.2, 0.25) is 5.02 Å². The molecule has 0 radical (unpaired) electrons. The van der Waals surface area contributed by atoms with Gasteiger partial charge in [0.25, 0.3) is 0 Å². The number of nitrogens with zero attached hydrogens (tertiary/aromatic N) is 1. The fraction of sp³-hybridized carbons (Fsp3) is 0.556. The van der Waals surface area contributed by atoms with E-state index < -0.39 is 0 Å². The minimum absolute atomic E-state index is 0.0167. The van der Waals surface area contributed by atoms with E-state index in [0.29, 0.717) is 37.2 Å². The summed E-state index contributed by atoms with van der Waals surface area (Å²) in [4.78, 5) is 12.1. The zero-order valence-electron chi connectivity index (χ0n) is 14.3. The van der Waals surface area contributed by atoms with Gasteiger partial charge in [-0.2, -0.15) is 5.10 Å². The first kappa shape index (κ1) is 18.0. The van der Waals surface area contributed by atoms with Crippen molar-refractivity contribution in [2.24, 2.45) is 16.9 Å². The Kier molecular flexibility index (Phi) is 6.15. The molecule has 3 unspecified atom stereocenters. The summed E-state index contributed by atoms with van der Waals surface area (Å²) in [5, 5.41) is 7.72. The van der Waals surface area contributed by atoms with Gasteiger partial charge >= 0.3 is 0 Å². The molecule has 1 aromatic rings. The second-order valence-electron chi connectivity index (χ2n) is 6.58. The van der Waals surface area contributed by atoms with Gasteiger partial charge in [0.2, 0.25) is 5.91 Å². The quantitative estimate of drug-likeness (QED) is 0.810. The summed E-state index contributed by atoms with van der Waals surface area (Å²) < 4.78 is 11.7. The predicted octanol–water partition coefficient (Wildman–Crippen LogP) is 2.23. The minimum atomic E-state index is -0.163. The van der Waals surface area contributed by atoms with Crippen LogP contribution in [0.3, 0.4) is 0 Å². The SMILES string of the molecule is CC1=NNCC1C(=O)NCC1CCC(COc2ccc(Cl)cc2)CO1. The van der Waals surface area contributed by atoms with E-state index in [-0.39, 0.29) is 17.9 Å². The van der Waals surface area contributed by atoms with Gasteiger partial charge in [0.05, 0.1) is 25.2 Å². The van der Waals surface area contributed by atoms with E-state index in [2.05, 4.69) is 15.8 Å². The third kappa shape index (κ3) is 5.09. The molecule has 25 heavy (non-hydrogen) atoms. The van der Waals surface area contributed by atoms with Crippen LogP contribution in [0.15, 0.2) is 29.4 Å². The number of carbonyl (C=O) groups is 1. The van der Waals surface area contributed by atoms with E-state index in [9.17, 15) is 4.79 Å². The van der Waals surface area contributed by atoms with E-state index in [4.69, 9.17) is 21.1 Å². The van der Waals surface area contributed by atoms with Crippen LogP contribution in [-0.2, 0) is 9.53 Å². The van der Waals surface area contributed by atoms with Gasteiger partial charge in [-0.1, -0.05) is 11.6 Å². The van der Waals surface area contributed by atoms with Crippen LogP contribution in [0.25, 0.3) is 0 Å². The van der Waals surface area contributed by atoms with Crippen LogP contribution in [0, 0.1) is 11.8 Å². The Morgan fingerprint density at radius 2 is 2.20 bits per heavy atom. The van der Waals surface area contributed by atoms with E-state index in [1.54, 1.807) is 0 Å². The van der Waals surface area contributed by atoms with Gasteiger partial charge in [-0.3, -0.25) is 4.79 Å². The number of amides is 1. The number of hydrazone groups is 1. The summed E-state index contributed by atoms with van der Waals surface area (Å²) in [5.41, 5.74) is 3.69. The highest BCUT2D eigenvalue weighted by Crippen LogP contribution is 2.21. The van der Waals surface area contributed by atoms with E-state index in [1.807, 2.05) is 31.2 Å². The minimum Gasteiger partial charge on any atom is -0.493 e. The van der Waals surface area contributed by atoms with E-state index in [0.717, 1.165) is 24.3 Å². The lowest BCUT2D eigenvalue weighted by atomic mass is 9.99. The molecule has 1 fully saturated rings. The number of hydrogen-bond donors (Lipinski definition) is 2. The zero-order chi connectivity index (χ0) is 17.6. The molecular formula is C18H24ClN3O3.